The van der Waals surface area contributed by atoms with Crippen LogP contribution in [0.4, 0.5) is 0 Å². The summed E-state index contributed by atoms with van der Waals surface area (Å²) >= 11 is 0. The van der Waals surface area contributed by atoms with E-state index in [1.54, 1.807) is 17.3 Å². The number of rotatable bonds is 6. The largest absolute Gasteiger partial charge is 0.347 e. The van der Waals surface area contributed by atoms with Crippen molar-refractivity contribution < 1.29 is 9.59 Å². The topological polar surface area (TPSA) is 62.3 Å². The predicted molar refractivity (Wildman–Crippen MR) is 68.9 cm³/mol. The fraction of sp³-hybridized carbons (Fsp3) is 0.462. The average molecular weight is 249 g/mol. The summed E-state index contributed by atoms with van der Waals surface area (Å²) < 4.78 is 0. The first-order chi connectivity index (χ1) is 8.63. The van der Waals surface area contributed by atoms with Gasteiger partial charge >= 0.3 is 0 Å². The van der Waals surface area contributed by atoms with Crippen LogP contribution in [0.5, 0.6) is 0 Å². The lowest BCUT2D eigenvalue weighted by molar-refractivity contribution is -0.132. The molecule has 0 saturated heterocycles. The number of carbonyl (C=O) groups is 2. The third kappa shape index (κ3) is 4.95. The normalized spacial score (nSPS) is 9.89. The second-order valence-electron chi connectivity index (χ2n) is 3.99. The Bertz CT molecular complexity index is 392. The molecule has 1 N–H and O–H groups in total. The lowest BCUT2D eigenvalue weighted by atomic mass is 10.2. The van der Waals surface area contributed by atoms with Gasteiger partial charge in [0.05, 0.1) is 6.54 Å². The minimum absolute atomic E-state index is 0.0539. The smallest absolute Gasteiger partial charge is 0.241 e. The molecule has 18 heavy (non-hydrogen) atoms. The first kappa shape index (κ1) is 14.2. The highest BCUT2D eigenvalue weighted by Crippen LogP contribution is 2.00. The van der Waals surface area contributed by atoms with Crippen molar-refractivity contribution in [1.29, 1.82) is 0 Å². The Morgan fingerprint density at radius 2 is 2.00 bits per heavy atom. The van der Waals surface area contributed by atoms with Crippen LogP contribution in [-0.4, -0.2) is 41.3 Å². The fourth-order valence-electron chi connectivity index (χ4n) is 1.58. The van der Waals surface area contributed by atoms with Gasteiger partial charge in [-0.3, -0.25) is 14.6 Å². The molecule has 0 bridgehead atoms. The fourth-order valence-corrected chi connectivity index (χ4v) is 1.58. The van der Waals surface area contributed by atoms with Crippen LogP contribution in [-0.2, 0) is 16.0 Å². The Hall–Kier alpha value is -1.91. The van der Waals surface area contributed by atoms with E-state index in [0.717, 1.165) is 12.0 Å². The molecule has 0 aliphatic rings. The maximum absolute atomic E-state index is 11.8. The molecule has 1 aromatic rings. The van der Waals surface area contributed by atoms with Gasteiger partial charge in [0, 0.05) is 32.4 Å². The van der Waals surface area contributed by atoms with Crippen LogP contribution < -0.4 is 5.32 Å². The van der Waals surface area contributed by atoms with Gasteiger partial charge in [-0.1, -0.05) is 0 Å². The van der Waals surface area contributed by atoms with Crippen LogP contribution in [0.2, 0.25) is 0 Å². The Morgan fingerprint density at radius 3 is 2.56 bits per heavy atom. The summed E-state index contributed by atoms with van der Waals surface area (Å²) in [6.07, 6.45) is 4.28. The minimum atomic E-state index is -0.187. The van der Waals surface area contributed by atoms with Crippen LogP contribution in [0.1, 0.15) is 19.4 Å². The quantitative estimate of drug-likeness (QED) is 0.803. The molecule has 98 valence electrons. The molecular weight excluding hydrogens is 230 g/mol. The van der Waals surface area contributed by atoms with Gasteiger partial charge in [-0.15, -0.1) is 0 Å². The predicted octanol–water partition coefficient (Wildman–Crippen LogP) is 0.609. The molecule has 0 aromatic carbocycles. The van der Waals surface area contributed by atoms with Crippen LogP contribution in [0, 0.1) is 0 Å². The third-order valence-electron chi connectivity index (χ3n) is 2.64. The van der Waals surface area contributed by atoms with Crippen molar-refractivity contribution in [3.8, 4) is 0 Å². The first-order valence-corrected chi connectivity index (χ1v) is 6.04. The molecule has 1 aromatic heterocycles. The number of hydrogen-bond acceptors (Lipinski definition) is 3. The van der Waals surface area contributed by atoms with Crippen molar-refractivity contribution in [3.63, 3.8) is 0 Å². The Kier molecular flexibility index (Phi) is 5.84. The van der Waals surface area contributed by atoms with Gasteiger partial charge in [0.25, 0.3) is 0 Å². The number of nitrogens with one attached hydrogen (secondary N) is 1. The van der Waals surface area contributed by atoms with Gasteiger partial charge in [-0.05, 0) is 31.0 Å². The second kappa shape index (κ2) is 7.42. The number of pyridine rings is 1. The highest BCUT2D eigenvalue weighted by atomic mass is 16.2. The van der Waals surface area contributed by atoms with E-state index in [1.807, 2.05) is 19.1 Å². The maximum atomic E-state index is 11.8. The first-order valence-electron chi connectivity index (χ1n) is 6.04. The molecule has 1 rings (SSSR count). The van der Waals surface area contributed by atoms with E-state index in [2.05, 4.69) is 10.3 Å². The Labute approximate surface area is 107 Å². The molecule has 0 radical (unpaired) electrons. The van der Waals surface area contributed by atoms with E-state index in [9.17, 15) is 9.59 Å². The van der Waals surface area contributed by atoms with Crippen LogP contribution in [0.15, 0.2) is 24.5 Å². The molecule has 5 nitrogen and oxygen atoms in total. The third-order valence-corrected chi connectivity index (χ3v) is 2.64. The van der Waals surface area contributed by atoms with Crippen molar-refractivity contribution in [2.45, 2.75) is 20.3 Å². The number of carbonyl (C=O) groups excluding carboxylic acids is 2. The van der Waals surface area contributed by atoms with E-state index < -0.39 is 0 Å². The van der Waals surface area contributed by atoms with Crippen molar-refractivity contribution in [2.24, 2.45) is 0 Å². The highest BCUT2D eigenvalue weighted by molar-refractivity contribution is 5.83. The molecule has 0 aliphatic heterocycles. The molecular formula is C13H19N3O2. The second-order valence-corrected chi connectivity index (χ2v) is 3.99. The summed E-state index contributed by atoms with van der Waals surface area (Å²) in [6, 6.07) is 3.87. The number of nitrogens with zero attached hydrogens (tertiary/aromatic N) is 2. The van der Waals surface area contributed by atoms with E-state index in [4.69, 9.17) is 0 Å². The number of hydrogen-bond donors (Lipinski definition) is 1. The lowest BCUT2D eigenvalue weighted by Crippen LogP contribution is -2.40. The van der Waals surface area contributed by atoms with E-state index in [-0.39, 0.29) is 18.4 Å². The summed E-state index contributed by atoms with van der Waals surface area (Å²) in [5, 5.41) is 2.52. The monoisotopic (exact) mass is 249 g/mol. The maximum Gasteiger partial charge on any atom is 0.241 e. The number of likely N-dealkylation sites (N-methyl/N-ethyl adjacent to an activating group) is 1. The van der Waals surface area contributed by atoms with Crippen LogP contribution >= 0.6 is 0 Å². The number of amides is 2. The Balaban J connectivity index is 2.42. The van der Waals surface area contributed by atoms with Crippen molar-refractivity contribution in [2.75, 3.05) is 19.6 Å². The van der Waals surface area contributed by atoms with Gasteiger partial charge in [0.2, 0.25) is 11.8 Å². The van der Waals surface area contributed by atoms with Crippen molar-refractivity contribution >= 4 is 11.8 Å². The van der Waals surface area contributed by atoms with Gasteiger partial charge in [0.1, 0.15) is 0 Å². The summed E-state index contributed by atoms with van der Waals surface area (Å²) in [6.45, 7) is 4.70. The van der Waals surface area contributed by atoms with E-state index in [1.165, 1.54) is 6.92 Å². The zero-order valence-corrected chi connectivity index (χ0v) is 10.8. The minimum Gasteiger partial charge on any atom is -0.347 e. The van der Waals surface area contributed by atoms with Crippen LogP contribution in [0.25, 0.3) is 0 Å². The Morgan fingerprint density at radius 1 is 1.33 bits per heavy atom. The molecule has 0 saturated carbocycles. The molecule has 1 heterocycles. The molecule has 0 atom stereocenters. The molecule has 5 heteroatoms. The van der Waals surface area contributed by atoms with E-state index in [0.29, 0.717) is 13.1 Å². The SMILES string of the molecule is CCN(CCc1ccncc1)C(=O)CNC(C)=O. The molecule has 0 unspecified atom stereocenters. The molecule has 0 spiro atoms. The highest BCUT2D eigenvalue weighted by Gasteiger charge is 2.11. The van der Waals surface area contributed by atoms with Crippen molar-refractivity contribution in [1.82, 2.24) is 15.2 Å². The molecule has 0 fully saturated rings. The lowest BCUT2D eigenvalue weighted by Gasteiger charge is -2.20. The van der Waals surface area contributed by atoms with Gasteiger partial charge in [-0.25, -0.2) is 0 Å². The molecule has 0 aliphatic carbocycles. The summed E-state index contributed by atoms with van der Waals surface area (Å²) in [4.78, 5) is 28.2. The van der Waals surface area contributed by atoms with Crippen molar-refractivity contribution in [3.05, 3.63) is 30.1 Å². The number of aromatic nitrogens is 1. The summed E-state index contributed by atoms with van der Waals surface area (Å²) in [5.74, 6) is -0.240. The van der Waals surface area contributed by atoms with Gasteiger partial charge < -0.3 is 10.2 Å². The zero-order valence-electron chi connectivity index (χ0n) is 10.8. The van der Waals surface area contributed by atoms with Gasteiger partial charge in [-0.2, -0.15) is 0 Å². The summed E-state index contributed by atoms with van der Waals surface area (Å²) in [5.41, 5.74) is 1.15. The standard InChI is InChI=1S/C13H19N3O2/c1-3-16(13(18)10-15-11(2)17)9-6-12-4-7-14-8-5-12/h4-5,7-8H,3,6,9-10H2,1-2H3,(H,15,17). The molecule has 2 amide bonds. The van der Waals surface area contributed by atoms with E-state index >= 15 is 0 Å². The summed E-state index contributed by atoms with van der Waals surface area (Å²) in [7, 11) is 0. The van der Waals surface area contributed by atoms with Gasteiger partial charge in [0.15, 0.2) is 0 Å². The zero-order chi connectivity index (χ0) is 13.4. The van der Waals surface area contributed by atoms with Crippen LogP contribution in [0.3, 0.4) is 0 Å². The average Bonchev–Trinajstić information content (AvgIpc) is 2.38.